The predicted molar refractivity (Wildman–Crippen MR) is 96.3 cm³/mol. The normalized spacial score (nSPS) is 23.5. The fraction of sp³-hybridized carbons (Fsp3) is 0.579. The van der Waals surface area contributed by atoms with E-state index in [1.165, 1.54) is 25.1 Å². The summed E-state index contributed by atoms with van der Waals surface area (Å²) in [5.41, 5.74) is 0.712. The van der Waals surface area contributed by atoms with Crippen LogP contribution >= 0.6 is 0 Å². The zero-order valence-corrected chi connectivity index (χ0v) is 15.1. The van der Waals surface area contributed by atoms with Crippen LogP contribution in [0.25, 0.3) is 0 Å². The summed E-state index contributed by atoms with van der Waals surface area (Å²) in [6.07, 6.45) is 6.69. The second-order valence-electron chi connectivity index (χ2n) is 7.00. The largest absolute Gasteiger partial charge is 0.355 e. The van der Waals surface area contributed by atoms with Crippen molar-refractivity contribution in [2.24, 2.45) is 0 Å². The molecule has 1 saturated carbocycles. The third-order valence-corrected chi connectivity index (χ3v) is 5.26. The average Bonchev–Trinajstić information content (AvgIpc) is 3.31. The summed E-state index contributed by atoms with van der Waals surface area (Å²) in [4.78, 5) is 31.2. The monoisotopic (exact) mass is 355 g/mol. The molecule has 7 heteroatoms. The molecular weight excluding hydrogens is 330 g/mol. The number of amides is 2. The molecule has 7 nitrogen and oxygen atoms in total. The summed E-state index contributed by atoms with van der Waals surface area (Å²) >= 11 is 0. The molecule has 0 aromatic carbocycles. The third kappa shape index (κ3) is 4.02. The molecule has 0 unspecified atom stereocenters. The second-order valence-corrected chi connectivity index (χ2v) is 7.00. The van der Waals surface area contributed by atoms with Crippen LogP contribution in [0.2, 0.25) is 0 Å². The Labute approximate surface area is 153 Å². The van der Waals surface area contributed by atoms with Gasteiger partial charge < -0.3 is 10.6 Å². The van der Waals surface area contributed by atoms with Gasteiger partial charge in [-0.25, -0.2) is 4.98 Å². The Balaban J connectivity index is 1.66. The summed E-state index contributed by atoms with van der Waals surface area (Å²) in [6.45, 7) is 3.23. The summed E-state index contributed by atoms with van der Waals surface area (Å²) in [6, 6.07) is 5.27. The van der Waals surface area contributed by atoms with Gasteiger partial charge in [-0.1, -0.05) is 12.8 Å². The number of rotatable bonds is 5. The molecule has 0 radical (unpaired) electrons. The van der Waals surface area contributed by atoms with E-state index in [-0.39, 0.29) is 29.6 Å². The number of pyridine rings is 1. The number of hydrogen-bond donors (Lipinski definition) is 2. The maximum Gasteiger partial charge on any atom is 0.253 e. The lowest BCUT2D eigenvalue weighted by Crippen LogP contribution is -2.47. The number of aromatic nitrogens is 1. The van der Waals surface area contributed by atoms with Gasteiger partial charge in [-0.15, -0.1) is 0 Å². The van der Waals surface area contributed by atoms with Gasteiger partial charge in [-0.3, -0.25) is 14.5 Å². The summed E-state index contributed by atoms with van der Waals surface area (Å²) in [5, 5.41) is 14.8. The van der Waals surface area contributed by atoms with Crippen molar-refractivity contribution in [3.05, 3.63) is 29.6 Å². The molecule has 2 fully saturated rings. The van der Waals surface area contributed by atoms with E-state index in [9.17, 15) is 9.59 Å². The SMILES string of the molecule is CCNC(=O)[C@@H]1C[C@H](NC(=O)c2ccc(C#N)nc2)CN1C1CCCC1. The van der Waals surface area contributed by atoms with Crippen LogP contribution in [0.15, 0.2) is 18.3 Å². The number of likely N-dealkylation sites (tertiary alicyclic amines) is 1. The van der Waals surface area contributed by atoms with Gasteiger partial charge in [0.2, 0.25) is 5.91 Å². The first kappa shape index (κ1) is 18.3. The summed E-state index contributed by atoms with van der Waals surface area (Å²) < 4.78 is 0. The molecule has 26 heavy (non-hydrogen) atoms. The lowest BCUT2D eigenvalue weighted by Gasteiger charge is -2.29. The van der Waals surface area contributed by atoms with Crippen molar-refractivity contribution in [1.82, 2.24) is 20.5 Å². The minimum absolute atomic E-state index is 0.0520. The molecule has 1 saturated heterocycles. The topological polar surface area (TPSA) is 98.1 Å². The van der Waals surface area contributed by atoms with E-state index in [2.05, 4.69) is 20.5 Å². The van der Waals surface area contributed by atoms with Crippen molar-refractivity contribution in [2.45, 2.75) is 57.2 Å². The zero-order valence-electron chi connectivity index (χ0n) is 15.1. The lowest BCUT2D eigenvalue weighted by atomic mass is 10.1. The number of nitrogens with one attached hydrogen (secondary N) is 2. The molecule has 1 aliphatic heterocycles. The summed E-state index contributed by atoms with van der Waals surface area (Å²) in [5.74, 6) is -0.161. The molecule has 2 atom stereocenters. The highest BCUT2D eigenvalue weighted by atomic mass is 16.2. The van der Waals surface area contributed by atoms with Gasteiger partial charge in [0, 0.05) is 31.4 Å². The van der Waals surface area contributed by atoms with E-state index < -0.39 is 0 Å². The van der Waals surface area contributed by atoms with Crippen molar-refractivity contribution >= 4 is 11.8 Å². The van der Waals surface area contributed by atoms with Crippen LogP contribution in [0, 0.1) is 11.3 Å². The van der Waals surface area contributed by atoms with Gasteiger partial charge >= 0.3 is 0 Å². The zero-order chi connectivity index (χ0) is 18.5. The van der Waals surface area contributed by atoms with E-state index in [1.54, 1.807) is 6.07 Å². The number of carbonyl (C=O) groups is 2. The van der Waals surface area contributed by atoms with Crippen molar-refractivity contribution in [3.63, 3.8) is 0 Å². The summed E-state index contributed by atoms with van der Waals surface area (Å²) in [7, 11) is 0. The molecule has 1 aromatic heterocycles. The first-order valence-electron chi connectivity index (χ1n) is 9.32. The third-order valence-electron chi connectivity index (χ3n) is 5.26. The molecule has 2 amide bonds. The Morgan fingerprint density at radius 1 is 1.35 bits per heavy atom. The van der Waals surface area contributed by atoms with Gasteiger partial charge in [0.25, 0.3) is 5.91 Å². The fourth-order valence-electron chi connectivity index (χ4n) is 4.02. The molecule has 2 N–H and O–H groups in total. The van der Waals surface area contributed by atoms with Crippen LogP contribution in [-0.4, -0.2) is 52.9 Å². The van der Waals surface area contributed by atoms with Crippen molar-refractivity contribution in [3.8, 4) is 6.07 Å². The van der Waals surface area contributed by atoms with Crippen LogP contribution in [0.5, 0.6) is 0 Å². The molecule has 2 aliphatic rings. The number of nitrogens with zero attached hydrogens (tertiary/aromatic N) is 3. The maximum absolute atomic E-state index is 12.5. The van der Waals surface area contributed by atoms with E-state index >= 15 is 0 Å². The molecular formula is C19H25N5O2. The Kier molecular flexibility index (Phi) is 5.84. The van der Waals surface area contributed by atoms with Crippen molar-refractivity contribution in [2.75, 3.05) is 13.1 Å². The molecule has 3 rings (SSSR count). The van der Waals surface area contributed by atoms with E-state index in [0.717, 1.165) is 12.8 Å². The number of likely N-dealkylation sites (N-methyl/N-ethyl adjacent to an activating group) is 1. The van der Waals surface area contributed by atoms with E-state index in [0.29, 0.717) is 31.1 Å². The Hall–Kier alpha value is -2.46. The Morgan fingerprint density at radius 3 is 2.73 bits per heavy atom. The molecule has 138 valence electrons. The standard InChI is InChI=1S/C19H25N5O2/c1-2-21-19(26)17-9-15(12-24(17)16-5-3-4-6-16)23-18(25)13-7-8-14(10-20)22-11-13/h7-8,11,15-17H,2-6,9,12H2,1H3,(H,21,26)(H,23,25)/t15-,17-/m0/s1. The molecule has 0 spiro atoms. The quantitative estimate of drug-likeness (QED) is 0.827. The van der Waals surface area contributed by atoms with Gasteiger partial charge in [-0.05, 0) is 38.3 Å². The van der Waals surface area contributed by atoms with Crippen LogP contribution < -0.4 is 10.6 Å². The average molecular weight is 355 g/mol. The highest BCUT2D eigenvalue weighted by Crippen LogP contribution is 2.30. The first-order valence-corrected chi connectivity index (χ1v) is 9.32. The molecule has 1 aliphatic carbocycles. The molecule has 2 heterocycles. The van der Waals surface area contributed by atoms with E-state index in [4.69, 9.17) is 5.26 Å². The minimum Gasteiger partial charge on any atom is -0.355 e. The maximum atomic E-state index is 12.5. The smallest absolute Gasteiger partial charge is 0.253 e. The second kappa shape index (κ2) is 8.28. The molecule has 0 bridgehead atoms. The fourth-order valence-corrected chi connectivity index (χ4v) is 4.02. The van der Waals surface area contributed by atoms with Crippen LogP contribution in [0.1, 0.15) is 55.1 Å². The number of hydrogen-bond acceptors (Lipinski definition) is 5. The van der Waals surface area contributed by atoms with Crippen LogP contribution in [0.3, 0.4) is 0 Å². The molecule has 1 aromatic rings. The number of carbonyl (C=O) groups excluding carboxylic acids is 2. The Bertz CT molecular complexity index is 691. The van der Waals surface area contributed by atoms with E-state index in [1.807, 2.05) is 13.0 Å². The van der Waals surface area contributed by atoms with Gasteiger partial charge in [0.05, 0.1) is 11.6 Å². The highest BCUT2D eigenvalue weighted by Gasteiger charge is 2.41. The predicted octanol–water partition coefficient (Wildman–Crippen LogP) is 1.20. The van der Waals surface area contributed by atoms with Crippen LogP contribution in [-0.2, 0) is 4.79 Å². The van der Waals surface area contributed by atoms with Gasteiger partial charge in [0.1, 0.15) is 11.8 Å². The highest BCUT2D eigenvalue weighted by molar-refractivity contribution is 5.94. The van der Waals surface area contributed by atoms with Crippen molar-refractivity contribution in [1.29, 1.82) is 5.26 Å². The minimum atomic E-state index is -0.213. The lowest BCUT2D eigenvalue weighted by molar-refractivity contribution is -0.126. The van der Waals surface area contributed by atoms with Crippen LogP contribution in [0.4, 0.5) is 0 Å². The van der Waals surface area contributed by atoms with Gasteiger partial charge in [-0.2, -0.15) is 5.26 Å². The first-order chi connectivity index (χ1) is 12.6. The van der Waals surface area contributed by atoms with Gasteiger partial charge in [0.15, 0.2) is 0 Å². The van der Waals surface area contributed by atoms with Crippen molar-refractivity contribution < 1.29 is 9.59 Å². The number of nitriles is 1. The Morgan fingerprint density at radius 2 is 2.12 bits per heavy atom.